The van der Waals surface area contributed by atoms with Crippen molar-refractivity contribution in [1.82, 2.24) is 15.3 Å². The smallest absolute Gasteiger partial charge is 0.422 e. The lowest BCUT2D eigenvalue weighted by molar-refractivity contribution is -0.204. The van der Waals surface area contributed by atoms with Gasteiger partial charge in [0.25, 0.3) is 0 Å². The number of hydroxylamine groups is 2. The summed E-state index contributed by atoms with van der Waals surface area (Å²) >= 11 is 0. The molecule has 0 unspecified atom stereocenters. The Kier molecular flexibility index (Phi) is 13.2. The number of carbonyl (C=O) groups excluding carboxylic acids is 5. The van der Waals surface area contributed by atoms with Gasteiger partial charge in [0.05, 0.1) is 19.2 Å². The quantitative estimate of drug-likeness (QED) is 0.152. The molecule has 1 aliphatic carbocycles. The number of esters is 3. The molecule has 0 aromatic heterocycles. The normalized spacial score (nSPS) is 26.1. The van der Waals surface area contributed by atoms with E-state index in [1.54, 1.807) is 75.4 Å². The highest BCUT2D eigenvalue weighted by Crippen LogP contribution is 2.56. The van der Waals surface area contributed by atoms with Crippen molar-refractivity contribution in [1.29, 1.82) is 0 Å². The van der Waals surface area contributed by atoms with Gasteiger partial charge < -0.3 is 39.0 Å². The molecule has 3 aliphatic heterocycles. The van der Waals surface area contributed by atoms with Crippen LogP contribution in [-0.2, 0) is 65.5 Å². The van der Waals surface area contributed by atoms with Gasteiger partial charge in [-0.2, -0.15) is 18.2 Å². The summed E-state index contributed by atoms with van der Waals surface area (Å²) in [7, 11) is 1.45. The van der Waals surface area contributed by atoms with Crippen LogP contribution >= 0.6 is 0 Å². The number of halogens is 3. The largest absolute Gasteiger partial charge is 0.460 e. The minimum atomic E-state index is -4.70. The monoisotopic (exact) mass is 831 g/mol. The fourth-order valence-electron chi connectivity index (χ4n) is 8.08. The predicted octanol–water partition coefficient (Wildman–Crippen LogP) is 3.02. The van der Waals surface area contributed by atoms with Crippen molar-refractivity contribution in [2.75, 3.05) is 27.1 Å². The minimum Gasteiger partial charge on any atom is -0.460 e. The first kappa shape index (κ1) is 43.7. The number of nitrogens with one attached hydrogen (secondary N) is 1. The van der Waals surface area contributed by atoms with Crippen LogP contribution in [0.1, 0.15) is 56.7 Å². The zero-order valence-electron chi connectivity index (χ0n) is 33.0. The standard InChI is InChI=1S/C41H48F3N3O12/c1-39(2,3)58-31(50)17-15-27(21-48)45-36(51)28(18-24-10-6-5-7-11-24)46(4)38(53)40-19-29-32-33(56-23-55-32)35(40)59-47(34(40)37(52)57-29)20-26-13-9-8-12-25(26)14-16-30(49)54-22-41(42,43)44/h5-14,16,27-29,32-35,48H,15,17-23H2,1-4H3,(H,45,51)/t27-,28+,29+,32-,33-,34-,35+,40-/m0/s1. The number of carbonyl (C=O) groups is 5. The van der Waals surface area contributed by atoms with Crippen LogP contribution < -0.4 is 5.32 Å². The Morgan fingerprint density at radius 2 is 1.75 bits per heavy atom. The summed E-state index contributed by atoms with van der Waals surface area (Å²) in [5.74, 6) is -3.74. The van der Waals surface area contributed by atoms with Gasteiger partial charge in [-0.1, -0.05) is 54.6 Å². The zero-order valence-corrected chi connectivity index (χ0v) is 33.0. The molecule has 59 heavy (non-hydrogen) atoms. The lowest BCUT2D eigenvalue weighted by atomic mass is 9.62. The average molecular weight is 832 g/mol. The SMILES string of the molecule is CN(C(=O)[C@@]12C[C@H]3OC(=O)[C@@H]1N(Cc1ccccc1C=CC(=O)OCC(F)(F)F)O[C@@H]2[C@H]1OCO[C@H]13)[C@H](Cc1ccccc1)C(=O)N[C@H](CO)CCC(=O)OC(C)(C)C. The zero-order chi connectivity index (χ0) is 42.7. The summed E-state index contributed by atoms with van der Waals surface area (Å²) in [4.78, 5) is 76.0. The number of hydrogen-bond donors (Lipinski definition) is 2. The molecule has 2 bridgehead atoms. The second-order valence-corrected chi connectivity index (χ2v) is 16.0. The van der Waals surface area contributed by atoms with Crippen molar-refractivity contribution >= 4 is 35.8 Å². The van der Waals surface area contributed by atoms with Crippen LogP contribution in [0.4, 0.5) is 13.2 Å². The molecular formula is C41H48F3N3O12. The van der Waals surface area contributed by atoms with Crippen LogP contribution in [0.15, 0.2) is 60.7 Å². The number of aliphatic hydroxyl groups is 1. The van der Waals surface area contributed by atoms with Crippen molar-refractivity contribution in [3.05, 3.63) is 77.4 Å². The van der Waals surface area contributed by atoms with Gasteiger partial charge in [0.2, 0.25) is 11.8 Å². The van der Waals surface area contributed by atoms with E-state index >= 15 is 4.79 Å². The Morgan fingerprint density at radius 1 is 1.05 bits per heavy atom. The summed E-state index contributed by atoms with van der Waals surface area (Å²) < 4.78 is 65.2. The maximum Gasteiger partial charge on any atom is 0.422 e. The topological polar surface area (TPSA) is 179 Å². The van der Waals surface area contributed by atoms with E-state index in [4.69, 9.17) is 23.8 Å². The van der Waals surface area contributed by atoms with Gasteiger partial charge in [-0.15, -0.1) is 0 Å². The number of alkyl halides is 3. The van der Waals surface area contributed by atoms with Gasteiger partial charge in [-0.05, 0) is 50.0 Å². The van der Waals surface area contributed by atoms with Crippen LogP contribution in [0.3, 0.4) is 0 Å². The Balaban J connectivity index is 1.29. The molecule has 4 fully saturated rings. The van der Waals surface area contributed by atoms with E-state index in [2.05, 4.69) is 10.1 Å². The number of likely N-dealkylation sites (N-methyl/N-ethyl adjacent to an activating group) is 1. The summed E-state index contributed by atoms with van der Waals surface area (Å²) in [6, 6.07) is 12.1. The first-order valence-corrected chi connectivity index (χ1v) is 19.2. The van der Waals surface area contributed by atoms with Gasteiger partial charge in [0.1, 0.15) is 48.3 Å². The molecule has 0 spiro atoms. The van der Waals surface area contributed by atoms with Gasteiger partial charge in [-0.25, -0.2) is 4.79 Å². The molecule has 6 rings (SSSR count). The third-order valence-electron chi connectivity index (χ3n) is 10.7. The van der Waals surface area contributed by atoms with Crippen LogP contribution in [-0.4, -0.2) is 126 Å². The fraction of sp³-hybridized carbons (Fsp3) is 0.537. The maximum absolute atomic E-state index is 15.3. The highest BCUT2D eigenvalue weighted by atomic mass is 19.4. The second kappa shape index (κ2) is 17.8. The van der Waals surface area contributed by atoms with Crippen LogP contribution in [0.5, 0.6) is 0 Å². The number of aliphatic hydroxyl groups excluding tert-OH is 1. The van der Waals surface area contributed by atoms with E-state index < -0.39 is 103 Å². The van der Waals surface area contributed by atoms with E-state index in [0.717, 1.165) is 6.08 Å². The van der Waals surface area contributed by atoms with E-state index in [1.807, 2.05) is 0 Å². The van der Waals surface area contributed by atoms with Crippen molar-refractivity contribution in [3.8, 4) is 0 Å². The van der Waals surface area contributed by atoms with E-state index in [0.29, 0.717) is 16.7 Å². The number of benzene rings is 2. The molecule has 15 nitrogen and oxygen atoms in total. The van der Waals surface area contributed by atoms with Crippen LogP contribution in [0.2, 0.25) is 0 Å². The van der Waals surface area contributed by atoms with Crippen molar-refractivity contribution < 1.29 is 70.8 Å². The highest BCUT2D eigenvalue weighted by molar-refractivity contribution is 5.96. The van der Waals surface area contributed by atoms with Gasteiger partial charge >= 0.3 is 24.1 Å². The molecule has 3 saturated heterocycles. The van der Waals surface area contributed by atoms with E-state index in [9.17, 15) is 37.5 Å². The van der Waals surface area contributed by atoms with Crippen molar-refractivity contribution in [2.45, 2.75) is 107 Å². The molecule has 3 heterocycles. The van der Waals surface area contributed by atoms with Gasteiger partial charge in [0, 0.05) is 32.4 Å². The number of ether oxygens (including phenoxy) is 5. The molecule has 8 atom stereocenters. The molecule has 2 N–H and O–H groups in total. The molecule has 2 amide bonds. The average Bonchev–Trinajstić information content (AvgIpc) is 3.81. The number of amides is 2. The number of nitrogens with zero attached hydrogens (tertiary/aromatic N) is 2. The molecule has 2 aromatic carbocycles. The molecule has 18 heteroatoms. The molecule has 1 saturated carbocycles. The summed E-state index contributed by atoms with van der Waals surface area (Å²) in [6.07, 6.45) is -6.23. The summed E-state index contributed by atoms with van der Waals surface area (Å²) in [5, 5.41) is 14.3. The van der Waals surface area contributed by atoms with Crippen molar-refractivity contribution in [2.24, 2.45) is 5.41 Å². The van der Waals surface area contributed by atoms with Crippen LogP contribution in [0, 0.1) is 5.41 Å². The Hall–Kier alpha value is -4.88. The molecule has 4 aliphatic rings. The number of fused-ring (bicyclic) bond motifs is 4. The molecule has 2 aromatic rings. The first-order chi connectivity index (χ1) is 27.9. The first-order valence-electron chi connectivity index (χ1n) is 19.2. The summed E-state index contributed by atoms with van der Waals surface area (Å²) in [6.45, 7) is 2.62. The lowest BCUT2D eigenvalue weighted by Crippen LogP contribution is -2.70. The third kappa shape index (κ3) is 9.95. The molecule has 0 radical (unpaired) electrons. The second-order valence-electron chi connectivity index (χ2n) is 16.0. The van der Waals surface area contributed by atoms with Crippen LogP contribution in [0.25, 0.3) is 6.08 Å². The molecule has 320 valence electrons. The Labute approximate surface area is 338 Å². The highest BCUT2D eigenvalue weighted by Gasteiger charge is 2.75. The number of hydrogen-bond acceptors (Lipinski definition) is 13. The minimum absolute atomic E-state index is 0.0414. The van der Waals surface area contributed by atoms with E-state index in [-0.39, 0.29) is 39.0 Å². The lowest BCUT2D eigenvalue weighted by Gasteiger charge is -2.50. The third-order valence-corrected chi connectivity index (χ3v) is 10.7. The fourth-order valence-corrected chi connectivity index (χ4v) is 8.08. The van der Waals surface area contributed by atoms with Gasteiger partial charge in [-0.3, -0.25) is 24.0 Å². The summed E-state index contributed by atoms with van der Waals surface area (Å²) in [5.41, 5.74) is -0.825. The van der Waals surface area contributed by atoms with E-state index in [1.165, 1.54) is 23.1 Å². The van der Waals surface area contributed by atoms with Gasteiger partial charge in [0.15, 0.2) is 12.6 Å². The number of rotatable bonds is 15. The Morgan fingerprint density at radius 3 is 2.44 bits per heavy atom. The molecular weight excluding hydrogens is 783 g/mol. The predicted molar refractivity (Wildman–Crippen MR) is 199 cm³/mol. The Bertz CT molecular complexity index is 1910. The maximum atomic E-state index is 15.3. The van der Waals surface area contributed by atoms with Crippen molar-refractivity contribution in [3.63, 3.8) is 0 Å².